The molecule has 10 heteroatoms. The van der Waals surface area contributed by atoms with Crippen LogP contribution in [-0.2, 0) is 25.2 Å². The molecule has 1 aliphatic carbocycles. The lowest BCUT2D eigenvalue weighted by Crippen LogP contribution is -2.16. The van der Waals surface area contributed by atoms with E-state index >= 15 is 0 Å². The fraction of sp³-hybridized carbons (Fsp3) is 0.391. The second-order valence-electron chi connectivity index (χ2n) is 8.44. The zero-order chi connectivity index (χ0) is 22.9. The molecule has 33 heavy (non-hydrogen) atoms. The lowest BCUT2D eigenvalue weighted by molar-refractivity contribution is 0.291. The van der Waals surface area contributed by atoms with Gasteiger partial charge in [0.05, 0.1) is 11.1 Å². The van der Waals surface area contributed by atoms with Gasteiger partial charge in [-0.25, -0.2) is 14.6 Å². The summed E-state index contributed by atoms with van der Waals surface area (Å²) in [5.41, 5.74) is 10.0. The minimum atomic E-state index is 0.239. The third-order valence-corrected chi connectivity index (χ3v) is 7.89. The fourth-order valence-corrected chi connectivity index (χ4v) is 6.29. The summed E-state index contributed by atoms with van der Waals surface area (Å²) < 4.78 is 7.33. The molecule has 0 radical (unpaired) electrons. The van der Waals surface area contributed by atoms with E-state index in [1.807, 2.05) is 26.0 Å². The third-order valence-electron chi connectivity index (χ3n) is 5.77. The van der Waals surface area contributed by atoms with Gasteiger partial charge in [-0.15, -0.1) is 21.5 Å². The summed E-state index contributed by atoms with van der Waals surface area (Å²) in [5, 5.41) is 10.0. The number of nitrogens with two attached hydrogens (primary N) is 2. The normalized spacial score (nSPS) is 13.8. The molecule has 0 spiro atoms. The average Bonchev–Trinajstić information content (AvgIpc) is 3.21. The van der Waals surface area contributed by atoms with Crippen molar-refractivity contribution in [3.8, 4) is 5.75 Å². The summed E-state index contributed by atoms with van der Waals surface area (Å²) in [5.74, 6) is 9.32. The van der Waals surface area contributed by atoms with Gasteiger partial charge in [0.15, 0.2) is 5.82 Å². The van der Waals surface area contributed by atoms with E-state index in [1.165, 1.54) is 46.1 Å². The maximum absolute atomic E-state index is 6.37. The van der Waals surface area contributed by atoms with Crippen molar-refractivity contribution < 1.29 is 4.74 Å². The summed E-state index contributed by atoms with van der Waals surface area (Å²) >= 11 is 3.20. The van der Waals surface area contributed by atoms with Crippen LogP contribution in [0.15, 0.2) is 23.4 Å². The van der Waals surface area contributed by atoms with E-state index in [1.54, 1.807) is 11.3 Å². The predicted molar refractivity (Wildman–Crippen MR) is 133 cm³/mol. The van der Waals surface area contributed by atoms with Crippen LogP contribution in [-0.4, -0.2) is 24.8 Å². The molecule has 4 aromatic rings. The van der Waals surface area contributed by atoms with Gasteiger partial charge in [-0.3, -0.25) is 0 Å². The fourth-order valence-electron chi connectivity index (χ4n) is 4.27. The molecule has 172 valence electrons. The van der Waals surface area contributed by atoms with Crippen molar-refractivity contribution in [3.63, 3.8) is 0 Å². The SMILES string of the molecule is Cc1cc(C)cc(OCc2nnc(SCc3nc(N)c4c5c(sc4n3)CCCCC5)n2N)c1. The number of thiophene rings is 1. The van der Waals surface area contributed by atoms with E-state index < -0.39 is 0 Å². The van der Waals surface area contributed by atoms with E-state index in [4.69, 9.17) is 21.3 Å². The van der Waals surface area contributed by atoms with Gasteiger partial charge in [-0.05, 0) is 68.4 Å². The lowest BCUT2D eigenvalue weighted by Gasteiger charge is -2.08. The first-order chi connectivity index (χ1) is 16.0. The minimum absolute atomic E-state index is 0.239. The van der Waals surface area contributed by atoms with Crippen LogP contribution in [0.25, 0.3) is 10.2 Å². The molecule has 0 saturated carbocycles. The molecule has 0 aliphatic heterocycles. The number of aryl methyl sites for hydroxylation is 4. The number of benzene rings is 1. The summed E-state index contributed by atoms with van der Waals surface area (Å²) in [4.78, 5) is 11.8. The van der Waals surface area contributed by atoms with Crippen molar-refractivity contribution in [2.45, 2.75) is 63.5 Å². The first-order valence-corrected chi connectivity index (χ1v) is 12.9. The first-order valence-electron chi connectivity index (χ1n) is 11.1. The molecule has 0 amide bonds. The molecule has 5 rings (SSSR count). The number of nitrogens with zero attached hydrogens (tertiary/aromatic N) is 5. The third kappa shape index (κ3) is 4.63. The van der Waals surface area contributed by atoms with Crippen LogP contribution >= 0.6 is 23.1 Å². The number of ether oxygens (including phenoxy) is 1. The van der Waals surface area contributed by atoms with Crippen molar-refractivity contribution in [3.05, 3.63) is 51.4 Å². The topological polar surface area (TPSA) is 118 Å². The van der Waals surface area contributed by atoms with Gasteiger partial charge in [0.2, 0.25) is 5.16 Å². The highest BCUT2D eigenvalue weighted by Gasteiger charge is 2.20. The number of hydrogen-bond acceptors (Lipinski definition) is 9. The van der Waals surface area contributed by atoms with Crippen LogP contribution in [0, 0.1) is 13.8 Å². The lowest BCUT2D eigenvalue weighted by atomic mass is 10.1. The quantitative estimate of drug-likeness (QED) is 0.237. The van der Waals surface area contributed by atoms with Crippen LogP contribution in [0.3, 0.4) is 0 Å². The Kier molecular flexibility index (Phi) is 6.11. The predicted octanol–water partition coefficient (Wildman–Crippen LogP) is 4.34. The van der Waals surface area contributed by atoms with Gasteiger partial charge in [0.1, 0.15) is 28.8 Å². The Bertz CT molecular complexity index is 1290. The molecular formula is C23H27N7OS2. The molecule has 3 heterocycles. The van der Waals surface area contributed by atoms with Crippen molar-refractivity contribution in [2.24, 2.45) is 0 Å². The minimum Gasteiger partial charge on any atom is -0.486 e. The number of thioether (sulfide) groups is 1. The maximum atomic E-state index is 6.37. The van der Waals surface area contributed by atoms with Crippen molar-refractivity contribution in [2.75, 3.05) is 11.6 Å². The zero-order valence-corrected chi connectivity index (χ0v) is 20.4. The molecule has 1 aromatic carbocycles. The molecule has 0 unspecified atom stereocenters. The van der Waals surface area contributed by atoms with E-state index in [-0.39, 0.29) is 6.61 Å². The van der Waals surface area contributed by atoms with Crippen molar-refractivity contribution in [1.82, 2.24) is 24.8 Å². The molecule has 0 bridgehead atoms. The molecule has 0 saturated heterocycles. The number of rotatable bonds is 6. The molecule has 0 fully saturated rings. The molecule has 1 aliphatic rings. The second kappa shape index (κ2) is 9.18. The summed E-state index contributed by atoms with van der Waals surface area (Å²) in [6, 6.07) is 6.08. The Hall–Kier alpha value is -2.85. The Morgan fingerprint density at radius 1 is 1.06 bits per heavy atom. The van der Waals surface area contributed by atoms with E-state index in [0.717, 1.165) is 39.9 Å². The standard InChI is InChI=1S/C23H27N7OS2/c1-13-8-14(2)10-15(9-13)31-11-19-28-29-23(30(19)25)32-12-18-26-21(24)20-16-6-4-3-5-7-17(16)33-22(20)27-18/h8-10H,3-7,11-12,25H2,1-2H3,(H2,24,26,27). The zero-order valence-electron chi connectivity index (χ0n) is 18.8. The molecule has 0 atom stereocenters. The van der Waals surface area contributed by atoms with E-state index in [0.29, 0.717) is 28.4 Å². The number of anilines is 1. The van der Waals surface area contributed by atoms with Crippen molar-refractivity contribution >= 4 is 39.1 Å². The highest BCUT2D eigenvalue weighted by atomic mass is 32.2. The Morgan fingerprint density at radius 3 is 2.67 bits per heavy atom. The summed E-state index contributed by atoms with van der Waals surface area (Å²) in [6.45, 7) is 4.32. The number of nitrogen functional groups attached to an aromatic ring is 2. The summed E-state index contributed by atoms with van der Waals surface area (Å²) in [7, 11) is 0. The average molecular weight is 482 g/mol. The van der Waals surface area contributed by atoms with Gasteiger partial charge in [0.25, 0.3) is 0 Å². The van der Waals surface area contributed by atoms with Gasteiger partial charge in [-0.1, -0.05) is 24.2 Å². The van der Waals surface area contributed by atoms with Crippen LogP contribution in [0.5, 0.6) is 5.75 Å². The van der Waals surface area contributed by atoms with Gasteiger partial charge in [0, 0.05) is 4.88 Å². The van der Waals surface area contributed by atoms with Gasteiger partial charge >= 0.3 is 0 Å². The Morgan fingerprint density at radius 2 is 1.85 bits per heavy atom. The molecular weight excluding hydrogens is 454 g/mol. The highest BCUT2D eigenvalue weighted by Crippen LogP contribution is 2.37. The van der Waals surface area contributed by atoms with Crippen LogP contribution in [0.2, 0.25) is 0 Å². The van der Waals surface area contributed by atoms with Crippen LogP contribution < -0.4 is 16.3 Å². The van der Waals surface area contributed by atoms with Crippen molar-refractivity contribution in [1.29, 1.82) is 0 Å². The number of fused-ring (bicyclic) bond motifs is 3. The van der Waals surface area contributed by atoms with E-state index in [2.05, 4.69) is 21.2 Å². The second-order valence-corrected chi connectivity index (χ2v) is 10.5. The maximum Gasteiger partial charge on any atom is 0.210 e. The molecule has 4 N–H and O–H groups in total. The molecule has 3 aromatic heterocycles. The smallest absolute Gasteiger partial charge is 0.210 e. The summed E-state index contributed by atoms with van der Waals surface area (Å²) in [6.07, 6.45) is 5.90. The molecule has 8 nitrogen and oxygen atoms in total. The largest absolute Gasteiger partial charge is 0.486 e. The van der Waals surface area contributed by atoms with Crippen LogP contribution in [0.4, 0.5) is 5.82 Å². The van der Waals surface area contributed by atoms with E-state index in [9.17, 15) is 0 Å². The monoisotopic (exact) mass is 481 g/mol. The number of hydrogen-bond donors (Lipinski definition) is 2. The van der Waals surface area contributed by atoms with Gasteiger partial charge < -0.3 is 16.3 Å². The number of aromatic nitrogens is 5. The first kappa shape index (κ1) is 22.0. The Balaban J connectivity index is 1.28. The van der Waals surface area contributed by atoms with Crippen LogP contribution in [0.1, 0.15) is 52.5 Å². The van der Waals surface area contributed by atoms with Gasteiger partial charge in [-0.2, -0.15) is 0 Å². The Labute approximate surface area is 200 Å². The highest BCUT2D eigenvalue weighted by molar-refractivity contribution is 7.98.